The molecular formula is C13H17Br2NO. The van der Waals surface area contributed by atoms with Crippen molar-refractivity contribution in [3.05, 3.63) is 26.6 Å². The molecule has 1 aromatic carbocycles. The number of rotatable bonds is 4. The van der Waals surface area contributed by atoms with Gasteiger partial charge in [-0.3, -0.25) is 0 Å². The minimum Gasteiger partial charge on any atom is -0.487 e. The predicted molar refractivity (Wildman–Crippen MR) is 77.6 cm³/mol. The smallest absolute Gasteiger partial charge is 0.138 e. The Morgan fingerprint density at radius 3 is 2.71 bits per heavy atom. The van der Waals surface area contributed by atoms with E-state index in [4.69, 9.17) is 4.74 Å². The number of halogens is 2. The molecule has 0 aliphatic carbocycles. The Morgan fingerprint density at radius 2 is 2.06 bits per heavy atom. The molecule has 0 aromatic heterocycles. The van der Waals surface area contributed by atoms with Crippen LogP contribution in [0.1, 0.15) is 38.3 Å². The third-order valence-electron chi connectivity index (χ3n) is 3.01. The van der Waals surface area contributed by atoms with Crippen molar-refractivity contribution in [1.29, 1.82) is 0 Å². The molecule has 0 bridgehead atoms. The van der Waals surface area contributed by atoms with Crippen LogP contribution in [-0.2, 0) is 0 Å². The van der Waals surface area contributed by atoms with E-state index in [1.165, 1.54) is 5.56 Å². The van der Waals surface area contributed by atoms with Gasteiger partial charge in [-0.25, -0.2) is 0 Å². The van der Waals surface area contributed by atoms with E-state index in [9.17, 15) is 0 Å². The Labute approximate surface area is 119 Å². The summed E-state index contributed by atoms with van der Waals surface area (Å²) in [4.78, 5) is 0. The van der Waals surface area contributed by atoms with Crippen molar-refractivity contribution in [3.63, 3.8) is 0 Å². The van der Waals surface area contributed by atoms with Gasteiger partial charge in [0.1, 0.15) is 11.9 Å². The summed E-state index contributed by atoms with van der Waals surface area (Å²) in [7, 11) is 0. The number of nitrogens with one attached hydrogen (secondary N) is 1. The van der Waals surface area contributed by atoms with Gasteiger partial charge in [0.2, 0.25) is 0 Å². The molecule has 17 heavy (non-hydrogen) atoms. The average Bonchev–Trinajstić information content (AvgIpc) is 2.59. The van der Waals surface area contributed by atoms with Crippen molar-refractivity contribution in [2.24, 2.45) is 0 Å². The van der Waals surface area contributed by atoms with E-state index in [0.717, 1.165) is 34.1 Å². The van der Waals surface area contributed by atoms with Crippen LogP contribution < -0.4 is 10.1 Å². The van der Waals surface area contributed by atoms with Crippen LogP contribution in [0, 0.1) is 0 Å². The lowest BCUT2D eigenvalue weighted by Crippen LogP contribution is -2.30. The zero-order valence-electron chi connectivity index (χ0n) is 10.1. The van der Waals surface area contributed by atoms with Crippen LogP contribution in [0.3, 0.4) is 0 Å². The SMILES string of the molecule is CCCC1Oc2c(Br)cc(Br)cc2C1NCC. The molecule has 1 aliphatic rings. The molecule has 0 radical (unpaired) electrons. The quantitative estimate of drug-likeness (QED) is 0.855. The predicted octanol–water partition coefficient (Wildman–Crippen LogP) is 4.42. The topological polar surface area (TPSA) is 21.3 Å². The van der Waals surface area contributed by atoms with Crippen LogP contribution in [0.15, 0.2) is 21.1 Å². The second-order valence-electron chi connectivity index (χ2n) is 4.29. The zero-order valence-corrected chi connectivity index (χ0v) is 13.3. The lowest BCUT2D eigenvalue weighted by Gasteiger charge is -2.19. The summed E-state index contributed by atoms with van der Waals surface area (Å²) in [6.45, 7) is 5.28. The number of likely N-dealkylation sites (N-methyl/N-ethyl adjacent to an activating group) is 1. The maximum absolute atomic E-state index is 6.07. The van der Waals surface area contributed by atoms with Crippen LogP contribution in [0.5, 0.6) is 5.75 Å². The molecule has 0 saturated heterocycles. The highest BCUT2D eigenvalue weighted by molar-refractivity contribution is 9.11. The van der Waals surface area contributed by atoms with Crippen LogP contribution in [0.2, 0.25) is 0 Å². The molecule has 94 valence electrons. The summed E-state index contributed by atoms with van der Waals surface area (Å²) in [5.41, 5.74) is 1.26. The van der Waals surface area contributed by atoms with E-state index < -0.39 is 0 Å². The number of hydrogen-bond donors (Lipinski definition) is 1. The first-order valence-corrected chi connectivity index (χ1v) is 7.65. The van der Waals surface area contributed by atoms with Gasteiger partial charge in [0.05, 0.1) is 10.5 Å². The van der Waals surface area contributed by atoms with Crippen LogP contribution in [0.25, 0.3) is 0 Å². The van der Waals surface area contributed by atoms with Crippen LogP contribution in [0.4, 0.5) is 0 Å². The lowest BCUT2D eigenvalue weighted by molar-refractivity contribution is 0.178. The van der Waals surface area contributed by atoms with Crippen molar-refractivity contribution in [2.45, 2.75) is 38.8 Å². The molecule has 2 rings (SSSR count). The molecule has 1 aliphatic heterocycles. The van der Waals surface area contributed by atoms with E-state index in [2.05, 4.69) is 57.1 Å². The summed E-state index contributed by atoms with van der Waals surface area (Å²) < 4.78 is 8.19. The Kier molecular flexibility index (Phi) is 4.50. The van der Waals surface area contributed by atoms with Crippen LogP contribution in [-0.4, -0.2) is 12.6 Å². The third kappa shape index (κ3) is 2.69. The molecule has 0 spiro atoms. The monoisotopic (exact) mass is 361 g/mol. The highest BCUT2D eigenvalue weighted by Crippen LogP contribution is 2.44. The maximum Gasteiger partial charge on any atom is 0.138 e. The first-order chi connectivity index (χ1) is 8.17. The molecule has 2 atom stereocenters. The van der Waals surface area contributed by atoms with Gasteiger partial charge in [-0.1, -0.05) is 36.2 Å². The highest BCUT2D eigenvalue weighted by atomic mass is 79.9. The van der Waals surface area contributed by atoms with Crippen molar-refractivity contribution >= 4 is 31.9 Å². The fourth-order valence-electron chi connectivity index (χ4n) is 2.33. The first-order valence-electron chi connectivity index (χ1n) is 6.06. The molecule has 4 heteroatoms. The van der Waals surface area contributed by atoms with Gasteiger partial charge < -0.3 is 10.1 Å². The molecular weight excluding hydrogens is 346 g/mol. The van der Waals surface area contributed by atoms with Crippen molar-refractivity contribution in [2.75, 3.05) is 6.54 Å². The molecule has 1 N–H and O–H groups in total. The number of benzene rings is 1. The minimum absolute atomic E-state index is 0.251. The van der Waals surface area contributed by atoms with Crippen molar-refractivity contribution < 1.29 is 4.74 Å². The molecule has 0 fully saturated rings. The van der Waals surface area contributed by atoms with E-state index in [-0.39, 0.29) is 6.10 Å². The summed E-state index contributed by atoms with van der Waals surface area (Å²) in [6, 6.07) is 4.50. The Bertz CT molecular complexity index is 409. The summed E-state index contributed by atoms with van der Waals surface area (Å²) in [6.07, 6.45) is 2.47. The van der Waals surface area contributed by atoms with Gasteiger partial charge in [-0.15, -0.1) is 0 Å². The number of ether oxygens (including phenoxy) is 1. The Hall–Kier alpha value is -0.0600. The molecule has 0 saturated carbocycles. The molecule has 2 unspecified atom stereocenters. The summed E-state index contributed by atoms with van der Waals surface area (Å²) >= 11 is 7.11. The second-order valence-corrected chi connectivity index (χ2v) is 6.06. The number of fused-ring (bicyclic) bond motifs is 1. The fraction of sp³-hybridized carbons (Fsp3) is 0.538. The maximum atomic E-state index is 6.07. The largest absolute Gasteiger partial charge is 0.487 e. The van der Waals surface area contributed by atoms with E-state index in [0.29, 0.717) is 6.04 Å². The zero-order chi connectivity index (χ0) is 12.4. The first kappa shape index (κ1) is 13.4. The Morgan fingerprint density at radius 1 is 1.29 bits per heavy atom. The summed E-state index contributed by atoms with van der Waals surface area (Å²) in [5.74, 6) is 0.998. The van der Waals surface area contributed by atoms with Gasteiger partial charge in [0, 0.05) is 10.0 Å². The average molecular weight is 363 g/mol. The second kappa shape index (κ2) is 5.72. The Balaban J connectivity index is 2.35. The lowest BCUT2D eigenvalue weighted by atomic mass is 10.0. The van der Waals surface area contributed by atoms with Crippen LogP contribution >= 0.6 is 31.9 Å². The van der Waals surface area contributed by atoms with Crippen molar-refractivity contribution in [1.82, 2.24) is 5.32 Å². The highest BCUT2D eigenvalue weighted by Gasteiger charge is 2.34. The van der Waals surface area contributed by atoms with Gasteiger partial charge >= 0.3 is 0 Å². The molecule has 0 amide bonds. The number of hydrogen-bond acceptors (Lipinski definition) is 2. The normalized spacial score (nSPS) is 22.4. The molecule has 1 aromatic rings. The third-order valence-corrected chi connectivity index (χ3v) is 4.06. The van der Waals surface area contributed by atoms with Gasteiger partial charge in [0.15, 0.2) is 0 Å². The van der Waals surface area contributed by atoms with E-state index in [1.54, 1.807) is 0 Å². The summed E-state index contributed by atoms with van der Waals surface area (Å²) in [5, 5.41) is 3.52. The molecule has 2 nitrogen and oxygen atoms in total. The standard InChI is InChI=1S/C13H17Br2NO/c1-3-5-11-12(16-4-2)9-6-8(14)7-10(15)13(9)17-11/h6-7,11-12,16H,3-5H2,1-2H3. The fourth-order valence-corrected chi connectivity index (χ4v) is 3.68. The van der Waals surface area contributed by atoms with Gasteiger partial charge in [-0.05, 0) is 41.0 Å². The van der Waals surface area contributed by atoms with Gasteiger partial charge in [-0.2, -0.15) is 0 Å². The molecule has 1 heterocycles. The van der Waals surface area contributed by atoms with Crippen molar-refractivity contribution in [3.8, 4) is 5.75 Å². The van der Waals surface area contributed by atoms with Gasteiger partial charge in [0.25, 0.3) is 0 Å². The minimum atomic E-state index is 0.251. The van der Waals surface area contributed by atoms with E-state index in [1.807, 2.05) is 6.07 Å². The van der Waals surface area contributed by atoms with E-state index >= 15 is 0 Å².